The van der Waals surface area contributed by atoms with Crippen molar-refractivity contribution in [3.8, 4) is 0 Å². The SMILES string of the molecule is CCCCOC(=O)CCCCCCCCCCCCCCCCC(=O)OCCCC. The van der Waals surface area contributed by atoms with Crippen molar-refractivity contribution >= 4 is 11.9 Å². The van der Waals surface area contributed by atoms with Crippen LogP contribution in [0.5, 0.6) is 0 Å². The molecule has 0 saturated heterocycles. The number of esters is 2. The molecule has 0 atom stereocenters. The molecule has 0 spiro atoms. The molecule has 30 heavy (non-hydrogen) atoms. The molecule has 4 nitrogen and oxygen atoms in total. The second kappa shape index (κ2) is 24.2. The van der Waals surface area contributed by atoms with E-state index in [0.717, 1.165) is 51.4 Å². The number of ether oxygens (including phenoxy) is 2. The monoisotopic (exact) mass is 426 g/mol. The van der Waals surface area contributed by atoms with Crippen LogP contribution < -0.4 is 0 Å². The maximum atomic E-state index is 11.5. The van der Waals surface area contributed by atoms with Crippen molar-refractivity contribution in [1.29, 1.82) is 0 Å². The Morgan fingerprint density at radius 2 is 0.700 bits per heavy atom. The van der Waals surface area contributed by atoms with Gasteiger partial charge in [-0.25, -0.2) is 0 Å². The van der Waals surface area contributed by atoms with Gasteiger partial charge in [0.2, 0.25) is 0 Å². The molecule has 0 radical (unpaired) electrons. The van der Waals surface area contributed by atoms with E-state index in [1.54, 1.807) is 0 Å². The number of unbranched alkanes of at least 4 members (excludes halogenated alkanes) is 15. The van der Waals surface area contributed by atoms with Gasteiger partial charge in [-0.05, 0) is 25.7 Å². The quantitative estimate of drug-likeness (QED) is 0.123. The van der Waals surface area contributed by atoms with Gasteiger partial charge in [0.25, 0.3) is 0 Å². The molecule has 0 fully saturated rings. The number of rotatable bonds is 23. The molecule has 178 valence electrons. The molecule has 0 aromatic heterocycles. The molecule has 0 saturated carbocycles. The first kappa shape index (κ1) is 28.9. The highest BCUT2D eigenvalue weighted by Crippen LogP contribution is 2.14. The fraction of sp³-hybridized carbons (Fsp3) is 0.923. The molecule has 0 N–H and O–H groups in total. The summed E-state index contributed by atoms with van der Waals surface area (Å²) in [5.74, 6) is -0.0401. The van der Waals surface area contributed by atoms with Gasteiger partial charge in [-0.2, -0.15) is 0 Å². The van der Waals surface area contributed by atoms with Crippen LogP contribution in [0.1, 0.15) is 142 Å². The standard InChI is InChI=1S/C26H50O4/c1-3-5-23-29-25(27)21-19-17-15-13-11-9-7-8-10-12-14-16-18-20-22-26(28)30-24-6-4-2/h3-24H2,1-2H3. The molecular weight excluding hydrogens is 376 g/mol. The van der Waals surface area contributed by atoms with E-state index < -0.39 is 0 Å². The van der Waals surface area contributed by atoms with E-state index in [2.05, 4.69) is 13.8 Å². The summed E-state index contributed by atoms with van der Waals surface area (Å²) in [6, 6.07) is 0. The molecule has 0 aromatic rings. The van der Waals surface area contributed by atoms with Crippen LogP contribution in [0.3, 0.4) is 0 Å². The largest absolute Gasteiger partial charge is 0.466 e. The van der Waals surface area contributed by atoms with Crippen LogP contribution in [-0.2, 0) is 19.1 Å². The van der Waals surface area contributed by atoms with Crippen molar-refractivity contribution in [1.82, 2.24) is 0 Å². The Morgan fingerprint density at radius 1 is 0.433 bits per heavy atom. The summed E-state index contributed by atoms with van der Waals surface area (Å²) in [5, 5.41) is 0. The minimum Gasteiger partial charge on any atom is -0.466 e. The molecule has 0 bridgehead atoms. The molecule has 0 amide bonds. The van der Waals surface area contributed by atoms with Gasteiger partial charge in [-0.15, -0.1) is 0 Å². The van der Waals surface area contributed by atoms with E-state index in [0.29, 0.717) is 26.1 Å². The molecule has 0 heterocycles. The number of carbonyl (C=O) groups excluding carboxylic acids is 2. The van der Waals surface area contributed by atoms with Crippen molar-refractivity contribution in [3.05, 3.63) is 0 Å². The van der Waals surface area contributed by atoms with Crippen LogP contribution in [-0.4, -0.2) is 25.2 Å². The Balaban J connectivity index is 3.14. The average molecular weight is 427 g/mol. The topological polar surface area (TPSA) is 52.6 Å². The van der Waals surface area contributed by atoms with Gasteiger partial charge >= 0.3 is 11.9 Å². The first-order valence-electron chi connectivity index (χ1n) is 13.0. The third-order valence-electron chi connectivity index (χ3n) is 5.53. The van der Waals surface area contributed by atoms with Crippen LogP contribution in [0.25, 0.3) is 0 Å². The summed E-state index contributed by atoms with van der Waals surface area (Å²) in [5.41, 5.74) is 0. The average Bonchev–Trinajstić information content (AvgIpc) is 2.73. The fourth-order valence-electron chi connectivity index (χ4n) is 3.47. The van der Waals surface area contributed by atoms with Crippen LogP contribution in [0.2, 0.25) is 0 Å². The maximum Gasteiger partial charge on any atom is 0.305 e. The van der Waals surface area contributed by atoms with Gasteiger partial charge in [0.15, 0.2) is 0 Å². The highest BCUT2D eigenvalue weighted by Gasteiger charge is 2.03. The summed E-state index contributed by atoms with van der Waals surface area (Å²) >= 11 is 0. The second-order valence-corrected chi connectivity index (χ2v) is 8.60. The van der Waals surface area contributed by atoms with Gasteiger partial charge in [0, 0.05) is 12.8 Å². The normalized spacial score (nSPS) is 10.9. The van der Waals surface area contributed by atoms with Crippen LogP contribution in [0.4, 0.5) is 0 Å². The highest BCUT2D eigenvalue weighted by molar-refractivity contribution is 5.69. The third-order valence-corrected chi connectivity index (χ3v) is 5.53. The van der Waals surface area contributed by atoms with Gasteiger partial charge in [0.05, 0.1) is 13.2 Å². The Bertz CT molecular complexity index is 345. The summed E-state index contributed by atoms with van der Waals surface area (Å²) < 4.78 is 10.3. The van der Waals surface area contributed by atoms with E-state index in [-0.39, 0.29) is 11.9 Å². The molecule has 0 aromatic carbocycles. The fourth-order valence-corrected chi connectivity index (χ4v) is 3.47. The summed E-state index contributed by atoms with van der Waals surface area (Å²) in [7, 11) is 0. The van der Waals surface area contributed by atoms with Crippen molar-refractivity contribution < 1.29 is 19.1 Å². The lowest BCUT2D eigenvalue weighted by Gasteiger charge is -2.05. The molecule has 0 aliphatic heterocycles. The Morgan fingerprint density at radius 3 is 0.967 bits per heavy atom. The zero-order valence-electron chi connectivity index (χ0n) is 20.2. The third kappa shape index (κ3) is 23.2. The van der Waals surface area contributed by atoms with E-state index in [1.165, 1.54) is 64.2 Å². The van der Waals surface area contributed by atoms with Gasteiger partial charge in [-0.3, -0.25) is 9.59 Å². The number of carbonyl (C=O) groups is 2. The number of hydrogen-bond donors (Lipinski definition) is 0. The Hall–Kier alpha value is -1.06. The van der Waals surface area contributed by atoms with Crippen molar-refractivity contribution in [2.24, 2.45) is 0 Å². The summed E-state index contributed by atoms with van der Waals surface area (Å²) in [6.45, 7) is 5.39. The minimum atomic E-state index is -0.0200. The lowest BCUT2D eigenvalue weighted by Crippen LogP contribution is -2.05. The summed E-state index contributed by atoms with van der Waals surface area (Å²) in [6.07, 6.45) is 22.7. The van der Waals surface area contributed by atoms with E-state index in [4.69, 9.17) is 9.47 Å². The Kier molecular flexibility index (Phi) is 23.4. The van der Waals surface area contributed by atoms with Crippen LogP contribution in [0.15, 0.2) is 0 Å². The first-order valence-corrected chi connectivity index (χ1v) is 13.0. The van der Waals surface area contributed by atoms with Crippen LogP contribution >= 0.6 is 0 Å². The molecule has 0 aliphatic carbocycles. The van der Waals surface area contributed by atoms with Crippen molar-refractivity contribution in [2.45, 2.75) is 142 Å². The number of hydrogen-bond acceptors (Lipinski definition) is 4. The lowest BCUT2D eigenvalue weighted by molar-refractivity contribution is -0.144. The molecule has 0 unspecified atom stereocenters. The molecular formula is C26H50O4. The maximum absolute atomic E-state index is 11.5. The second-order valence-electron chi connectivity index (χ2n) is 8.60. The molecule has 4 heteroatoms. The lowest BCUT2D eigenvalue weighted by atomic mass is 10.0. The zero-order chi connectivity index (χ0) is 22.1. The predicted molar refractivity (Wildman–Crippen MR) is 126 cm³/mol. The molecule has 0 aliphatic rings. The van der Waals surface area contributed by atoms with Crippen molar-refractivity contribution in [3.63, 3.8) is 0 Å². The van der Waals surface area contributed by atoms with Gasteiger partial charge in [-0.1, -0.05) is 104 Å². The highest BCUT2D eigenvalue weighted by atomic mass is 16.5. The Labute approximate surface area is 186 Å². The summed E-state index contributed by atoms with van der Waals surface area (Å²) in [4.78, 5) is 23.0. The van der Waals surface area contributed by atoms with E-state index in [9.17, 15) is 9.59 Å². The van der Waals surface area contributed by atoms with E-state index >= 15 is 0 Å². The van der Waals surface area contributed by atoms with Crippen molar-refractivity contribution in [2.75, 3.05) is 13.2 Å². The predicted octanol–water partition coefficient (Wildman–Crippen LogP) is 7.91. The molecule has 0 rings (SSSR count). The smallest absolute Gasteiger partial charge is 0.305 e. The van der Waals surface area contributed by atoms with Gasteiger partial charge < -0.3 is 9.47 Å². The minimum absolute atomic E-state index is 0.0200. The van der Waals surface area contributed by atoms with Gasteiger partial charge in [0.1, 0.15) is 0 Å². The van der Waals surface area contributed by atoms with E-state index in [1.807, 2.05) is 0 Å². The van der Waals surface area contributed by atoms with Crippen LogP contribution in [0, 0.1) is 0 Å². The first-order chi connectivity index (χ1) is 14.7. The zero-order valence-corrected chi connectivity index (χ0v) is 20.2.